The van der Waals surface area contributed by atoms with Gasteiger partial charge < -0.3 is 20.4 Å². The molecule has 1 saturated carbocycles. The maximum absolute atomic E-state index is 12.3. The number of nitrogens with one attached hydrogen (secondary N) is 3. The first-order chi connectivity index (χ1) is 13.7. The van der Waals surface area contributed by atoms with Gasteiger partial charge in [0.15, 0.2) is 0 Å². The van der Waals surface area contributed by atoms with Gasteiger partial charge in [-0.05, 0) is 54.6 Å². The smallest absolute Gasteiger partial charge is 0.233 e. The number of hydrogen-bond donors (Lipinski definition) is 3. The summed E-state index contributed by atoms with van der Waals surface area (Å²) in [5, 5.41) is 7.55. The normalized spacial score (nSPS) is 14.8. The van der Waals surface area contributed by atoms with Crippen molar-refractivity contribution in [3.8, 4) is 5.75 Å². The zero-order valence-electron chi connectivity index (χ0n) is 16.2. The summed E-state index contributed by atoms with van der Waals surface area (Å²) < 4.78 is 5.29. The molecule has 0 bridgehead atoms. The van der Waals surface area contributed by atoms with Crippen LogP contribution in [0.5, 0.6) is 5.75 Å². The Labute approximate surface area is 165 Å². The van der Waals surface area contributed by atoms with Crippen molar-refractivity contribution in [2.75, 3.05) is 26.7 Å². The van der Waals surface area contributed by atoms with Crippen LogP contribution in [-0.2, 0) is 4.79 Å². The molecule has 2 aromatic carbocycles. The van der Waals surface area contributed by atoms with Gasteiger partial charge in [-0.15, -0.1) is 0 Å². The first-order valence-corrected chi connectivity index (χ1v) is 9.92. The molecule has 0 spiro atoms. The lowest BCUT2D eigenvalue weighted by Crippen LogP contribution is -2.37. The summed E-state index contributed by atoms with van der Waals surface area (Å²) >= 11 is 0. The minimum Gasteiger partial charge on any atom is -0.497 e. The maximum Gasteiger partial charge on any atom is 0.233 e. The van der Waals surface area contributed by atoms with Gasteiger partial charge in [0.25, 0.3) is 0 Å². The number of H-pyrrole nitrogens is 1. The molecule has 1 aromatic heterocycles. The number of ether oxygens (including phenoxy) is 1. The van der Waals surface area contributed by atoms with Crippen LogP contribution in [-0.4, -0.2) is 37.6 Å². The molecular weight excluding hydrogens is 350 g/mol. The van der Waals surface area contributed by atoms with Crippen molar-refractivity contribution < 1.29 is 9.53 Å². The Morgan fingerprint density at radius 1 is 1.18 bits per heavy atom. The van der Waals surface area contributed by atoms with Crippen LogP contribution in [0.4, 0.5) is 0 Å². The Morgan fingerprint density at radius 2 is 1.96 bits per heavy atom. The molecule has 1 heterocycles. The molecule has 1 aliphatic carbocycles. The standard InChI is InChI=1S/C23H27N3O2/c1-28-18-10-8-17(9-11-18)20(13-26-23(27)15-24-12-16-6-7-16)21-14-25-22-5-3-2-4-19(21)22/h2-5,8-11,14,16,20,24-25H,6-7,12-13,15H2,1H3,(H,26,27). The van der Waals surface area contributed by atoms with Gasteiger partial charge in [-0.3, -0.25) is 4.79 Å². The monoisotopic (exact) mass is 377 g/mol. The summed E-state index contributed by atoms with van der Waals surface area (Å²) in [4.78, 5) is 15.7. The molecule has 1 unspecified atom stereocenters. The van der Waals surface area contributed by atoms with Crippen LogP contribution in [0.25, 0.3) is 10.9 Å². The van der Waals surface area contributed by atoms with Gasteiger partial charge in [-0.1, -0.05) is 30.3 Å². The minimum absolute atomic E-state index is 0.0407. The van der Waals surface area contributed by atoms with Gasteiger partial charge in [0.1, 0.15) is 5.75 Å². The van der Waals surface area contributed by atoms with Crippen molar-refractivity contribution in [2.24, 2.45) is 5.92 Å². The van der Waals surface area contributed by atoms with Gasteiger partial charge in [0.05, 0.1) is 13.7 Å². The quantitative estimate of drug-likeness (QED) is 0.535. The summed E-state index contributed by atoms with van der Waals surface area (Å²) in [7, 11) is 1.67. The highest BCUT2D eigenvalue weighted by Crippen LogP contribution is 2.31. The third-order valence-corrected chi connectivity index (χ3v) is 5.43. The third-order valence-electron chi connectivity index (χ3n) is 5.43. The van der Waals surface area contributed by atoms with E-state index < -0.39 is 0 Å². The zero-order chi connectivity index (χ0) is 19.3. The second kappa shape index (κ2) is 8.48. The largest absolute Gasteiger partial charge is 0.497 e. The summed E-state index contributed by atoms with van der Waals surface area (Å²) in [5.41, 5.74) is 3.44. The lowest BCUT2D eigenvalue weighted by atomic mass is 9.91. The number of methoxy groups -OCH3 is 1. The van der Waals surface area contributed by atoms with E-state index in [1.807, 2.05) is 24.3 Å². The van der Waals surface area contributed by atoms with Crippen LogP contribution >= 0.6 is 0 Å². The number of aromatic nitrogens is 1. The number of rotatable bonds is 9. The van der Waals surface area contributed by atoms with Crippen LogP contribution in [0.15, 0.2) is 54.7 Å². The highest BCUT2D eigenvalue weighted by atomic mass is 16.5. The van der Waals surface area contributed by atoms with Crippen molar-refractivity contribution >= 4 is 16.8 Å². The zero-order valence-corrected chi connectivity index (χ0v) is 16.2. The Bertz CT molecular complexity index is 928. The molecule has 146 valence electrons. The molecule has 5 nitrogen and oxygen atoms in total. The maximum atomic E-state index is 12.3. The van der Waals surface area contributed by atoms with Crippen molar-refractivity contribution in [1.29, 1.82) is 0 Å². The lowest BCUT2D eigenvalue weighted by molar-refractivity contribution is -0.120. The molecule has 1 fully saturated rings. The second-order valence-electron chi connectivity index (χ2n) is 7.49. The SMILES string of the molecule is COc1ccc(C(CNC(=O)CNCC2CC2)c2c[nH]c3ccccc23)cc1. The van der Waals surface area contributed by atoms with Gasteiger partial charge in [0, 0.05) is 29.6 Å². The Morgan fingerprint density at radius 3 is 2.71 bits per heavy atom. The minimum atomic E-state index is 0.0407. The van der Waals surface area contributed by atoms with E-state index >= 15 is 0 Å². The van der Waals surface area contributed by atoms with E-state index in [1.54, 1.807) is 7.11 Å². The van der Waals surface area contributed by atoms with E-state index in [1.165, 1.54) is 23.8 Å². The molecule has 5 heteroatoms. The molecule has 3 aromatic rings. The fourth-order valence-corrected chi connectivity index (χ4v) is 3.62. The number of carbonyl (C=O) groups excluding carboxylic acids is 1. The highest BCUT2D eigenvalue weighted by Gasteiger charge is 2.21. The molecule has 3 N–H and O–H groups in total. The van der Waals surface area contributed by atoms with Gasteiger partial charge >= 0.3 is 0 Å². The molecule has 0 saturated heterocycles. The van der Waals surface area contributed by atoms with Crippen LogP contribution in [0.1, 0.15) is 29.9 Å². The molecule has 28 heavy (non-hydrogen) atoms. The van der Waals surface area contributed by atoms with Gasteiger partial charge in [0.2, 0.25) is 5.91 Å². The van der Waals surface area contributed by atoms with Gasteiger partial charge in [-0.2, -0.15) is 0 Å². The third kappa shape index (κ3) is 4.37. The fraction of sp³-hybridized carbons (Fsp3) is 0.348. The predicted octanol–water partition coefficient (Wildman–Crippen LogP) is 3.42. The summed E-state index contributed by atoms with van der Waals surface area (Å²) in [6.45, 7) is 1.87. The number of para-hydroxylation sites is 1. The number of aromatic amines is 1. The summed E-state index contributed by atoms with van der Waals surface area (Å²) in [6.07, 6.45) is 4.63. The Balaban J connectivity index is 1.51. The molecule has 1 amide bonds. The van der Waals surface area contributed by atoms with Crippen molar-refractivity contribution in [2.45, 2.75) is 18.8 Å². The van der Waals surface area contributed by atoms with E-state index in [-0.39, 0.29) is 11.8 Å². The molecule has 1 aliphatic rings. The van der Waals surface area contributed by atoms with Crippen LogP contribution in [0.2, 0.25) is 0 Å². The Kier molecular flexibility index (Phi) is 5.63. The summed E-state index contributed by atoms with van der Waals surface area (Å²) in [6, 6.07) is 16.3. The average molecular weight is 377 g/mol. The number of amides is 1. The fourth-order valence-electron chi connectivity index (χ4n) is 3.62. The van der Waals surface area contributed by atoms with E-state index in [9.17, 15) is 4.79 Å². The predicted molar refractivity (Wildman–Crippen MR) is 112 cm³/mol. The highest BCUT2D eigenvalue weighted by molar-refractivity contribution is 5.84. The molecule has 0 aliphatic heterocycles. The topological polar surface area (TPSA) is 66.2 Å². The lowest BCUT2D eigenvalue weighted by Gasteiger charge is -2.19. The van der Waals surface area contributed by atoms with E-state index in [0.29, 0.717) is 13.1 Å². The van der Waals surface area contributed by atoms with E-state index in [2.05, 4.69) is 46.1 Å². The van der Waals surface area contributed by atoms with Crippen molar-refractivity contribution in [1.82, 2.24) is 15.6 Å². The first-order valence-electron chi connectivity index (χ1n) is 9.92. The Hall–Kier alpha value is -2.79. The molecular formula is C23H27N3O2. The van der Waals surface area contributed by atoms with E-state index in [4.69, 9.17) is 4.74 Å². The van der Waals surface area contributed by atoms with E-state index in [0.717, 1.165) is 29.3 Å². The van der Waals surface area contributed by atoms with Crippen molar-refractivity contribution in [3.05, 3.63) is 65.9 Å². The average Bonchev–Trinajstić information content (AvgIpc) is 3.46. The number of benzene rings is 2. The molecule has 4 rings (SSSR count). The van der Waals surface area contributed by atoms with Crippen LogP contribution in [0.3, 0.4) is 0 Å². The summed E-state index contributed by atoms with van der Waals surface area (Å²) in [5.74, 6) is 1.70. The first kappa shape index (κ1) is 18.6. The number of fused-ring (bicyclic) bond motifs is 1. The van der Waals surface area contributed by atoms with Crippen molar-refractivity contribution in [3.63, 3.8) is 0 Å². The van der Waals surface area contributed by atoms with Crippen LogP contribution < -0.4 is 15.4 Å². The number of hydrogen-bond acceptors (Lipinski definition) is 3. The van der Waals surface area contributed by atoms with Crippen LogP contribution in [0, 0.1) is 5.92 Å². The second-order valence-corrected chi connectivity index (χ2v) is 7.49. The number of carbonyl (C=O) groups is 1. The van der Waals surface area contributed by atoms with Gasteiger partial charge in [-0.25, -0.2) is 0 Å². The molecule has 1 atom stereocenters. The molecule has 0 radical (unpaired) electrons.